The molecule has 0 saturated heterocycles. The van der Waals surface area contributed by atoms with E-state index in [9.17, 15) is 0 Å². The second-order valence-corrected chi connectivity index (χ2v) is 6.17. The lowest BCUT2D eigenvalue weighted by atomic mass is 10.1. The zero-order valence-electron chi connectivity index (χ0n) is 15.3. The summed E-state index contributed by atoms with van der Waals surface area (Å²) < 4.78 is 5.80. The molecular weight excluding hydrogens is 298 g/mol. The van der Waals surface area contributed by atoms with Crippen molar-refractivity contribution in [3.63, 3.8) is 0 Å². The highest BCUT2D eigenvalue weighted by Crippen LogP contribution is 2.20. The van der Waals surface area contributed by atoms with Crippen molar-refractivity contribution in [2.45, 2.75) is 34.1 Å². The summed E-state index contributed by atoms with van der Waals surface area (Å²) in [6.45, 7) is 9.83. The van der Waals surface area contributed by atoms with Gasteiger partial charge in [-0.2, -0.15) is 0 Å². The minimum atomic E-state index is 0.622. The summed E-state index contributed by atoms with van der Waals surface area (Å²) in [7, 11) is 2.00. The normalized spacial score (nSPS) is 11.0. The molecule has 2 rings (SSSR count). The number of rotatable bonds is 7. The van der Waals surface area contributed by atoms with Crippen LogP contribution in [-0.2, 0) is 6.42 Å². The molecular formula is C20H27N3O. The fourth-order valence-corrected chi connectivity index (χ4v) is 2.48. The third-order valence-electron chi connectivity index (χ3n) is 3.85. The Balaban J connectivity index is 1.93. The third-order valence-corrected chi connectivity index (χ3v) is 3.85. The van der Waals surface area contributed by atoms with E-state index in [0.717, 1.165) is 24.3 Å². The predicted octanol–water partition coefficient (Wildman–Crippen LogP) is 4.24. The van der Waals surface area contributed by atoms with Gasteiger partial charge >= 0.3 is 0 Å². The van der Waals surface area contributed by atoms with Gasteiger partial charge in [-0.05, 0) is 39.3 Å². The number of benzene rings is 1. The standard InChI is InChI=1S/C20H27N3O/c1-6-23(5)14-21-19-7-8-20(22-17(19)4)24-10-9-18-12-15(2)11-16(3)13-18/h7-8,11-14H,6,9-10H2,1-5H3/b21-14+. The van der Waals surface area contributed by atoms with Gasteiger partial charge in [0.1, 0.15) is 0 Å². The minimum Gasteiger partial charge on any atom is -0.477 e. The first-order valence-electron chi connectivity index (χ1n) is 8.40. The van der Waals surface area contributed by atoms with Crippen LogP contribution in [-0.4, -0.2) is 36.4 Å². The summed E-state index contributed by atoms with van der Waals surface area (Å²) in [5, 5.41) is 0. The summed E-state index contributed by atoms with van der Waals surface area (Å²) in [6.07, 6.45) is 2.70. The van der Waals surface area contributed by atoms with E-state index in [4.69, 9.17) is 4.74 Å². The fraction of sp³-hybridized carbons (Fsp3) is 0.400. The fourth-order valence-electron chi connectivity index (χ4n) is 2.48. The molecule has 128 valence electrons. The largest absolute Gasteiger partial charge is 0.477 e. The Morgan fingerprint density at radius 3 is 2.46 bits per heavy atom. The first kappa shape index (κ1) is 18.0. The number of aryl methyl sites for hydroxylation is 3. The zero-order chi connectivity index (χ0) is 17.5. The smallest absolute Gasteiger partial charge is 0.213 e. The first-order chi connectivity index (χ1) is 11.5. The summed E-state index contributed by atoms with van der Waals surface area (Å²) in [5.74, 6) is 0.652. The Morgan fingerprint density at radius 2 is 1.83 bits per heavy atom. The number of aliphatic imine (C=N–C) groups is 1. The van der Waals surface area contributed by atoms with E-state index >= 15 is 0 Å². The zero-order valence-corrected chi connectivity index (χ0v) is 15.3. The number of ether oxygens (including phenoxy) is 1. The topological polar surface area (TPSA) is 37.7 Å². The molecule has 0 amide bonds. The Hall–Kier alpha value is -2.36. The molecule has 0 saturated carbocycles. The highest BCUT2D eigenvalue weighted by molar-refractivity contribution is 5.62. The van der Waals surface area contributed by atoms with E-state index in [2.05, 4.69) is 48.9 Å². The van der Waals surface area contributed by atoms with Gasteiger partial charge in [0, 0.05) is 26.1 Å². The number of aromatic nitrogens is 1. The van der Waals surface area contributed by atoms with Crippen LogP contribution >= 0.6 is 0 Å². The van der Waals surface area contributed by atoms with Crippen molar-refractivity contribution in [3.8, 4) is 5.88 Å². The van der Waals surface area contributed by atoms with Gasteiger partial charge < -0.3 is 9.64 Å². The van der Waals surface area contributed by atoms with Crippen LogP contribution in [0.1, 0.15) is 29.3 Å². The van der Waals surface area contributed by atoms with Gasteiger partial charge in [0.25, 0.3) is 0 Å². The van der Waals surface area contributed by atoms with Crippen molar-refractivity contribution in [3.05, 3.63) is 52.7 Å². The SMILES string of the molecule is CCN(C)/C=N/c1ccc(OCCc2cc(C)cc(C)c2)nc1C. The van der Waals surface area contributed by atoms with Crippen molar-refractivity contribution < 1.29 is 4.74 Å². The van der Waals surface area contributed by atoms with Gasteiger partial charge in [-0.3, -0.25) is 0 Å². The molecule has 0 aliphatic carbocycles. The van der Waals surface area contributed by atoms with Crippen molar-refractivity contribution in [2.75, 3.05) is 20.2 Å². The molecule has 1 aromatic heterocycles. The van der Waals surface area contributed by atoms with Crippen LogP contribution in [0.25, 0.3) is 0 Å². The molecule has 24 heavy (non-hydrogen) atoms. The average molecular weight is 325 g/mol. The van der Waals surface area contributed by atoms with E-state index in [1.165, 1.54) is 16.7 Å². The minimum absolute atomic E-state index is 0.622. The van der Waals surface area contributed by atoms with E-state index < -0.39 is 0 Å². The molecule has 0 aliphatic heterocycles. The summed E-state index contributed by atoms with van der Waals surface area (Å²) in [4.78, 5) is 11.0. The van der Waals surface area contributed by atoms with Crippen LogP contribution in [0.15, 0.2) is 35.3 Å². The number of hydrogen-bond acceptors (Lipinski definition) is 3. The molecule has 0 N–H and O–H groups in total. The molecule has 0 aliphatic rings. The van der Waals surface area contributed by atoms with Gasteiger partial charge in [-0.1, -0.05) is 29.3 Å². The van der Waals surface area contributed by atoms with Gasteiger partial charge in [0.2, 0.25) is 5.88 Å². The molecule has 0 bridgehead atoms. The molecule has 0 atom stereocenters. The number of hydrogen-bond donors (Lipinski definition) is 0. The lowest BCUT2D eigenvalue weighted by Gasteiger charge is -2.10. The maximum atomic E-state index is 5.80. The van der Waals surface area contributed by atoms with Crippen LogP contribution in [0.5, 0.6) is 5.88 Å². The van der Waals surface area contributed by atoms with Crippen molar-refractivity contribution in [1.29, 1.82) is 0 Å². The van der Waals surface area contributed by atoms with Crippen molar-refractivity contribution in [2.24, 2.45) is 4.99 Å². The molecule has 0 fully saturated rings. The van der Waals surface area contributed by atoms with Crippen molar-refractivity contribution >= 4 is 12.0 Å². The highest BCUT2D eigenvalue weighted by atomic mass is 16.5. The van der Waals surface area contributed by atoms with Gasteiger partial charge in [0.05, 0.1) is 24.3 Å². The van der Waals surface area contributed by atoms with E-state index in [-0.39, 0.29) is 0 Å². The highest BCUT2D eigenvalue weighted by Gasteiger charge is 2.03. The molecule has 4 nitrogen and oxygen atoms in total. The van der Waals surface area contributed by atoms with Gasteiger partial charge in [0.15, 0.2) is 0 Å². The summed E-state index contributed by atoms with van der Waals surface area (Å²) in [6, 6.07) is 10.4. The molecule has 4 heteroatoms. The second-order valence-electron chi connectivity index (χ2n) is 6.17. The average Bonchev–Trinajstić information content (AvgIpc) is 2.53. The third kappa shape index (κ3) is 5.37. The maximum Gasteiger partial charge on any atom is 0.213 e. The predicted molar refractivity (Wildman–Crippen MR) is 101 cm³/mol. The van der Waals surface area contributed by atoms with Crippen LogP contribution < -0.4 is 4.74 Å². The number of nitrogens with zero attached hydrogens (tertiary/aromatic N) is 3. The van der Waals surface area contributed by atoms with Crippen LogP contribution in [0.3, 0.4) is 0 Å². The summed E-state index contributed by atoms with van der Waals surface area (Å²) >= 11 is 0. The van der Waals surface area contributed by atoms with Gasteiger partial charge in [-0.25, -0.2) is 9.98 Å². The second kappa shape index (κ2) is 8.48. The van der Waals surface area contributed by atoms with Crippen LogP contribution in [0, 0.1) is 20.8 Å². The Bertz CT molecular complexity index is 690. The first-order valence-corrected chi connectivity index (χ1v) is 8.40. The molecule has 0 unspecified atom stereocenters. The van der Waals surface area contributed by atoms with Crippen molar-refractivity contribution in [1.82, 2.24) is 9.88 Å². The van der Waals surface area contributed by atoms with E-state index in [0.29, 0.717) is 12.5 Å². The summed E-state index contributed by atoms with van der Waals surface area (Å²) in [5.41, 5.74) is 5.63. The number of pyridine rings is 1. The molecule has 1 heterocycles. The Kier molecular flexibility index (Phi) is 6.36. The lowest BCUT2D eigenvalue weighted by Crippen LogP contribution is -2.14. The molecule has 1 aromatic carbocycles. The molecule has 0 radical (unpaired) electrons. The van der Waals surface area contributed by atoms with Gasteiger partial charge in [-0.15, -0.1) is 0 Å². The van der Waals surface area contributed by atoms with E-state index in [1.54, 1.807) is 0 Å². The van der Waals surface area contributed by atoms with Crippen LogP contribution in [0.4, 0.5) is 5.69 Å². The molecule has 0 spiro atoms. The van der Waals surface area contributed by atoms with Crippen LogP contribution in [0.2, 0.25) is 0 Å². The Morgan fingerprint density at radius 1 is 1.12 bits per heavy atom. The lowest BCUT2D eigenvalue weighted by molar-refractivity contribution is 0.309. The van der Waals surface area contributed by atoms with E-state index in [1.807, 2.05) is 37.3 Å². The molecule has 2 aromatic rings. The maximum absolute atomic E-state index is 5.80. The quantitative estimate of drug-likeness (QED) is 0.564. The monoisotopic (exact) mass is 325 g/mol. The Labute approximate surface area is 145 Å².